The molecule has 1 aromatic rings. The number of hydrogen-bond acceptors (Lipinski definition) is 3. The Bertz CT molecular complexity index is 442. The summed E-state index contributed by atoms with van der Waals surface area (Å²) in [6, 6.07) is 8.22. The van der Waals surface area contributed by atoms with Crippen LogP contribution in [0.2, 0.25) is 0 Å². The van der Waals surface area contributed by atoms with E-state index in [1.165, 1.54) is 18.4 Å². The second-order valence-corrected chi connectivity index (χ2v) is 5.18. The van der Waals surface area contributed by atoms with E-state index in [1.54, 1.807) is 0 Å². The third-order valence-electron chi connectivity index (χ3n) is 3.67. The molecule has 0 bridgehead atoms. The van der Waals surface area contributed by atoms with Crippen molar-refractivity contribution in [2.45, 2.75) is 19.8 Å². The summed E-state index contributed by atoms with van der Waals surface area (Å²) < 4.78 is 0. The number of benzene rings is 1. The van der Waals surface area contributed by atoms with Crippen LogP contribution in [0.5, 0.6) is 0 Å². The molecule has 0 radical (unpaired) electrons. The molecule has 1 heterocycles. The van der Waals surface area contributed by atoms with Gasteiger partial charge in [-0.2, -0.15) is 5.26 Å². The number of nitrogens with one attached hydrogen (secondary N) is 1. The molecule has 1 aliphatic heterocycles. The third-order valence-corrected chi connectivity index (χ3v) is 3.67. The maximum Gasteiger partial charge on any atom is 0.101 e. The Morgan fingerprint density at radius 1 is 1.50 bits per heavy atom. The smallest absolute Gasteiger partial charge is 0.101 e. The van der Waals surface area contributed by atoms with Gasteiger partial charge in [-0.05, 0) is 50.4 Å². The molecular weight excluding hydrogens is 222 g/mol. The molecule has 3 nitrogen and oxygen atoms in total. The normalized spacial score (nSPS) is 19.3. The summed E-state index contributed by atoms with van der Waals surface area (Å²) in [5.41, 5.74) is 3.05. The van der Waals surface area contributed by atoms with Crippen LogP contribution in [-0.4, -0.2) is 26.7 Å². The SMILES string of the molecule is Cc1cccc(C#N)c1N(C)CC1CCCNC1. The first-order valence-corrected chi connectivity index (χ1v) is 6.64. The molecule has 1 N–H and O–H groups in total. The van der Waals surface area contributed by atoms with Crippen molar-refractivity contribution in [2.75, 3.05) is 31.6 Å². The second kappa shape index (κ2) is 5.88. The van der Waals surface area contributed by atoms with Crippen LogP contribution in [-0.2, 0) is 0 Å². The Morgan fingerprint density at radius 3 is 3.00 bits per heavy atom. The minimum absolute atomic E-state index is 0.690. The van der Waals surface area contributed by atoms with Crippen molar-refractivity contribution >= 4 is 5.69 Å². The zero-order valence-electron chi connectivity index (χ0n) is 11.2. The molecule has 1 aliphatic rings. The lowest BCUT2D eigenvalue weighted by Crippen LogP contribution is -2.37. The number of hydrogen-bond donors (Lipinski definition) is 1. The predicted octanol–water partition coefficient (Wildman–Crippen LogP) is 2.30. The number of anilines is 1. The summed E-state index contributed by atoms with van der Waals surface area (Å²) in [7, 11) is 2.10. The van der Waals surface area contributed by atoms with E-state index in [0.717, 1.165) is 30.9 Å². The van der Waals surface area contributed by atoms with Gasteiger partial charge in [-0.3, -0.25) is 0 Å². The van der Waals surface area contributed by atoms with Crippen molar-refractivity contribution in [3.63, 3.8) is 0 Å². The highest BCUT2D eigenvalue weighted by molar-refractivity contribution is 5.63. The van der Waals surface area contributed by atoms with Crippen molar-refractivity contribution in [2.24, 2.45) is 5.92 Å². The highest BCUT2D eigenvalue weighted by Gasteiger charge is 2.17. The van der Waals surface area contributed by atoms with Crippen molar-refractivity contribution in [1.29, 1.82) is 5.26 Å². The Morgan fingerprint density at radius 2 is 2.33 bits per heavy atom. The minimum Gasteiger partial charge on any atom is -0.373 e. The molecule has 0 amide bonds. The number of nitriles is 1. The molecule has 1 saturated heterocycles. The van der Waals surface area contributed by atoms with Crippen LogP contribution < -0.4 is 10.2 Å². The Hall–Kier alpha value is -1.53. The largest absolute Gasteiger partial charge is 0.373 e. The molecule has 1 aromatic carbocycles. The van der Waals surface area contributed by atoms with Crippen LogP contribution in [0.1, 0.15) is 24.0 Å². The average molecular weight is 243 g/mol. The molecule has 0 aromatic heterocycles. The molecule has 2 rings (SSSR count). The quantitative estimate of drug-likeness (QED) is 0.885. The van der Waals surface area contributed by atoms with Crippen LogP contribution in [0.25, 0.3) is 0 Å². The Labute approximate surface area is 109 Å². The van der Waals surface area contributed by atoms with Crippen molar-refractivity contribution in [1.82, 2.24) is 5.32 Å². The summed E-state index contributed by atoms with van der Waals surface area (Å²) in [4.78, 5) is 2.24. The van der Waals surface area contributed by atoms with E-state index >= 15 is 0 Å². The molecule has 1 unspecified atom stereocenters. The van der Waals surface area contributed by atoms with E-state index < -0.39 is 0 Å². The van der Waals surface area contributed by atoms with Gasteiger partial charge in [0, 0.05) is 13.6 Å². The Kier molecular flexibility index (Phi) is 4.22. The lowest BCUT2D eigenvalue weighted by Gasteiger charge is -2.30. The first kappa shape index (κ1) is 12.9. The highest BCUT2D eigenvalue weighted by atomic mass is 15.1. The van der Waals surface area contributed by atoms with E-state index in [9.17, 15) is 5.26 Å². The van der Waals surface area contributed by atoms with Gasteiger partial charge in [0.1, 0.15) is 6.07 Å². The van der Waals surface area contributed by atoms with Gasteiger partial charge in [0.05, 0.1) is 11.3 Å². The highest BCUT2D eigenvalue weighted by Crippen LogP contribution is 2.25. The summed E-state index contributed by atoms with van der Waals surface area (Å²) in [5, 5.41) is 12.7. The molecule has 0 aliphatic carbocycles. The zero-order chi connectivity index (χ0) is 13.0. The van der Waals surface area contributed by atoms with E-state index in [1.807, 2.05) is 12.1 Å². The van der Waals surface area contributed by atoms with E-state index in [-0.39, 0.29) is 0 Å². The van der Waals surface area contributed by atoms with Gasteiger partial charge in [0.15, 0.2) is 0 Å². The van der Waals surface area contributed by atoms with E-state index in [2.05, 4.69) is 36.3 Å². The van der Waals surface area contributed by atoms with Crippen LogP contribution in [0, 0.1) is 24.2 Å². The lowest BCUT2D eigenvalue weighted by atomic mass is 9.98. The molecule has 1 fully saturated rings. The number of para-hydroxylation sites is 1. The average Bonchev–Trinajstić information content (AvgIpc) is 2.39. The van der Waals surface area contributed by atoms with Gasteiger partial charge in [-0.1, -0.05) is 12.1 Å². The number of nitrogens with zero attached hydrogens (tertiary/aromatic N) is 2. The third kappa shape index (κ3) is 2.83. The maximum atomic E-state index is 9.21. The predicted molar refractivity (Wildman–Crippen MR) is 74.8 cm³/mol. The van der Waals surface area contributed by atoms with Gasteiger partial charge in [-0.25, -0.2) is 0 Å². The van der Waals surface area contributed by atoms with Crippen molar-refractivity contribution in [3.05, 3.63) is 29.3 Å². The van der Waals surface area contributed by atoms with E-state index in [4.69, 9.17) is 0 Å². The zero-order valence-corrected chi connectivity index (χ0v) is 11.2. The molecule has 0 saturated carbocycles. The second-order valence-electron chi connectivity index (χ2n) is 5.18. The molecular formula is C15H21N3. The minimum atomic E-state index is 0.690. The molecule has 3 heteroatoms. The first-order valence-electron chi connectivity index (χ1n) is 6.64. The summed E-state index contributed by atoms with van der Waals surface area (Å²) in [6.45, 7) is 5.34. The van der Waals surface area contributed by atoms with Crippen LogP contribution in [0.3, 0.4) is 0 Å². The van der Waals surface area contributed by atoms with Crippen LogP contribution in [0.15, 0.2) is 18.2 Å². The number of piperidine rings is 1. The first-order chi connectivity index (χ1) is 8.72. The Balaban J connectivity index is 2.13. The van der Waals surface area contributed by atoms with Gasteiger partial charge in [0.2, 0.25) is 0 Å². The monoisotopic (exact) mass is 243 g/mol. The van der Waals surface area contributed by atoms with Crippen LogP contribution in [0.4, 0.5) is 5.69 Å². The number of rotatable bonds is 3. The molecule has 1 atom stereocenters. The molecule has 0 spiro atoms. The summed E-state index contributed by atoms with van der Waals surface area (Å²) >= 11 is 0. The van der Waals surface area contributed by atoms with E-state index in [0.29, 0.717) is 5.92 Å². The lowest BCUT2D eigenvalue weighted by molar-refractivity contribution is 0.381. The maximum absolute atomic E-state index is 9.21. The standard InChI is InChI=1S/C15H21N3/c1-12-5-3-7-14(9-16)15(12)18(2)11-13-6-4-8-17-10-13/h3,5,7,13,17H,4,6,8,10-11H2,1-2H3. The molecule has 96 valence electrons. The van der Waals surface area contributed by atoms with Gasteiger partial charge in [0.25, 0.3) is 0 Å². The van der Waals surface area contributed by atoms with Gasteiger partial charge in [-0.15, -0.1) is 0 Å². The van der Waals surface area contributed by atoms with Crippen molar-refractivity contribution < 1.29 is 0 Å². The molecule has 18 heavy (non-hydrogen) atoms. The summed E-state index contributed by atoms with van der Waals surface area (Å²) in [6.07, 6.45) is 2.54. The van der Waals surface area contributed by atoms with Gasteiger partial charge < -0.3 is 10.2 Å². The fraction of sp³-hybridized carbons (Fsp3) is 0.533. The van der Waals surface area contributed by atoms with Crippen LogP contribution >= 0.6 is 0 Å². The topological polar surface area (TPSA) is 39.1 Å². The van der Waals surface area contributed by atoms with Gasteiger partial charge >= 0.3 is 0 Å². The number of aryl methyl sites for hydroxylation is 1. The fourth-order valence-corrected chi connectivity index (χ4v) is 2.81. The summed E-state index contributed by atoms with van der Waals surface area (Å²) in [5.74, 6) is 0.690. The fourth-order valence-electron chi connectivity index (χ4n) is 2.81. The van der Waals surface area contributed by atoms with Crippen molar-refractivity contribution in [3.8, 4) is 6.07 Å².